The molecule has 0 spiro atoms. The number of aromatic nitrogens is 3. The Labute approximate surface area is 133 Å². The summed E-state index contributed by atoms with van der Waals surface area (Å²) in [5, 5.41) is 8.80. The van der Waals surface area contributed by atoms with Gasteiger partial charge in [-0.2, -0.15) is 4.98 Å². The zero-order chi connectivity index (χ0) is 17.3. The van der Waals surface area contributed by atoms with Crippen LogP contribution in [0.3, 0.4) is 0 Å². The monoisotopic (exact) mass is 340 g/mol. The number of anilines is 1. The molecule has 124 valence electrons. The number of carbonyl (C=O) groups excluding carboxylic acids is 1. The van der Waals surface area contributed by atoms with Crippen LogP contribution >= 0.6 is 0 Å². The average molecular weight is 340 g/mol. The molecule has 2 aromatic rings. The van der Waals surface area contributed by atoms with Crippen LogP contribution in [0.1, 0.15) is 25.2 Å². The number of H-pyrrole nitrogens is 1. The number of hydrogen-bond acceptors (Lipinski definition) is 5. The lowest BCUT2D eigenvalue weighted by Crippen LogP contribution is -2.44. The second kappa shape index (κ2) is 6.07. The van der Waals surface area contributed by atoms with Gasteiger partial charge in [0.15, 0.2) is 9.84 Å². The van der Waals surface area contributed by atoms with E-state index in [1.54, 1.807) is 12.1 Å². The summed E-state index contributed by atoms with van der Waals surface area (Å²) in [5.74, 6) is -0.692. The van der Waals surface area contributed by atoms with Crippen molar-refractivity contribution in [1.29, 1.82) is 0 Å². The highest BCUT2D eigenvalue weighted by atomic mass is 32.2. The van der Waals surface area contributed by atoms with Gasteiger partial charge >= 0.3 is 0 Å². The van der Waals surface area contributed by atoms with Gasteiger partial charge in [-0.05, 0) is 31.5 Å². The fourth-order valence-electron chi connectivity index (χ4n) is 1.69. The van der Waals surface area contributed by atoms with Crippen LogP contribution in [-0.2, 0) is 21.1 Å². The lowest BCUT2D eigenvalue weighted by atomic mass is 10.1. The number of amides is 1. The number of sulfone groups is 1. The summed E-state index contributed by atoms with van der Waals surface area (Å²) >= 11 is 0. The number of nitrogens with zero attached hydrogens (tertiary/aromatic N) is 2. The maximum Gasteiger partial charge on any atom is 0.248 e. The first-order chi connectivity index (χ1) is 10.6. The molecule has 1 heterocycles. The quantitative estimate of drug-likeness (QED) is 0.853. The van der Waals surface area contributed by atoms with Gasteiger partial charge in [0.2, 0.25) is 11.9 Å². The molecule has 0 fully saturated rings. The van der Waals surface area contributed by atoms with Crippen LogP contribution < -0.4 is 5.32 Å². The van der Waals surface area contributed by atoms with Crippen LogP contribution in [0.2, 0.25) is 0 Å². The summed E-state index contributed by atoms with van der Waals surface area (Å²) in [6.07, 6.45) is 1.29. The number of hydrogen-bond donors (Lipinski definition) is 2. The van der Waals surface area contributed by atoms with Gasteiger partial charge < -0.3 is 0 Å². The van der Waals surface area contributed by atoms with E-state index in [1.165, 1.54) is 26.0 Å². The Bertz CT molecular complexity index is 830. The van der Waals surface area contributed by atoms with E-state index in [1.807, 2.05) is 0 Å². The lowest BCUT2D eigenvalue weighted by molar-refractivity contribution is -0.117. The van der Waals surface area contributed by atoms with E-state index >= 15 is 0 Å². The third kappa shape index (κ3) is 3.92. The smallest absolute Gasteiger partial charge is 0.248 e. The highest BCUT2D eigenvalue weighted by Crippen LogP contribution is 2.17. The molecule has 2 rings (SSSR count). The van der Waals surface area contributed by atoms with Crippen molar-refractivity contribution < 1.29 is 17.6 Å². The van der Waals surface area contributed by atoms with Gasteiger partial charge in [0.25, 0.3) is 0 Å². The topological polar surface area (TPSA) is 105 Å². The predicted octanol–water partition coefficient (Wildman–Crippen LogP) is 1.30. The van der Waals surface area contributed by atoms with Crippen LogP contribution in [0.15, 0.2) is 24.3 Å². The van der Waals surface area contributed by atoms with Gasteiger partial charge in [0.05, 0.1) is 0 Å². The minimum absolute atomic E-state index is 0.0295. The number of aromatic amines is 1. The van der Waals surface area contributed by atoms with E-state index in [9.17, 15) is 17.6 Å². The third-order valence-corrected chi connectivity index (χ3v) is 5.53. The highest BCUT2D eigenvalue weighted by Gasteiger charge is 2.38. The maximum atomic E-state index is 13.1. The molecule has 0 aliphatic rings. The van der Waals surface area contributed by atoms with Crippen LogP contribution in [0.25, 0.3) is 0 Å². The van der Waals surface area contributed by atoms with Gasteiger partial charge in [-0.25, -0.2) is 12.8 Å². The van der Waals surface area contributed by atoms with Crippen molar-refractivity contribution in [3.8, 4) is 0 Å². The maximum absolute atomic E-state index is 13.1. The van der Waals surface area contributed by atoms with Crippen LogP contribution in [0.5, 0.6) is 0 Å². The Morgan fingerprint density at radius 3 is 2.70 bits per heavy atom. The molecule has 2 N–H and O–H groups in total. The Kier molecular flexibility index (Phi) is 4.51. The predicted molar refractivity (Wildman–Crippen MR) is 83.1 cm³/mol. The van der Waals surface area contributed by atoms with Gasteiger partial charge in [-0.1, -0.05) is 12.1 Å². The first kappa shape index (κ1) is 17.1. The van der Waals surface area contributed by atoms with Gasteiger partial charge in [-0.3, -0.25) is 15.2 Å². The zero-order valence-electron chi connectivity index (χ0n) is 12.9. The largest absolute Gasteiger partial charge is 0.292 e. The Hall–Kier alpha value is -2.29. The molecule has 0 bridgehead atoms. The lowest BCUT2D eigenvalue weighted by Gasteiger charge is -2.20. The molecule has 0 aliphatic carbocycles. The summed E-state index contributed by atoms with van der Waals surface area (Å²) < 4.78 is 34.8. The van der Waals surface area contributed by atoms with E-state index in [0.29, 0.717) is 17.8 Å². The molecule has 9 heteroatoms. The van der Waals surface area contributed by atoms with E-state index in [4.69, 9.17) is 0 Å². The van der Waals surface area contributed by atoms with Gasteiger partial charge in [-0.15, -0.1) is 5.10 Å². The molecule has 0 radical (unpaired) electrons. The fourth-order valence-corrected chi connectivity index (χ4v) is 2.08. The van der Waals surface area contributed by atoms with Gasteiger partial charge in [0, 0.05) is 12.7 Å². The molecule has 0 aliphatic heterocycles. The summed E-state index contributed by atoms with van der Waals surface area (Å²) in [4.78, 5) is 16.1. The number of nitrogens with one attached hydrogen (secondary N) is 2. The van der Waals surface area contributed by atoms with Crippen molar-refractivity contribution in [3.05, 3.63) is 41.5 Å². The molecule has 23 heavy (non-hydrogen) atoms. The number of halogens is 1. The molecule has 7 nitrogen and oxygen atoms in total. The minimum atomic E-state index is -3.59. The first-order valence-electron chi connectivity index (χ1n) is 6.76. The van der Waals surface area contributed by atoms with Gasteiger partial charge in [0.1, 0.15) is 16.4 Å². The van der Waals surface area contributed by atoms with Crippen molar-refractivity contribution in [1.82, 2.24) is 15.2 Å². The molecule has 1 amide bonds. The summed E-state index contributed by atoms with van der Waals surface area (Å²) in [7, 11) is -3.59. The van der Waals surface area contributed by atoms with Crippen molar-refractivity contribution in [2.24, 2.45) is 0 Å². The van der Waals surface area contributed by atoms with E-state index in [2.05, 4.69) is 20.5 Å². The summed E-state index contributed by atoms with van der Waals surface area (Å²) in [5.41, 5.74) is 0.690. The van der Waals surface area contributed by atoms with E-state index in [0.717, 1.165) is 6.26 Å². The molecule has 0 atom stereocenters. The molecular formula is C14H17FN4O3S. The van der Waals surface area contributed by atoms with Crippen molar-refractivity contribution in [3.63, 3.8) is 0 Å². The molecular weight excluding hydrogens is 323 g/mol. The molecule has 1 aromatic carbocycles. The minimum Gasteiger partial charge on any atom is -0.292 e. The average Bonchev–Trinajstić information content (AvgIpc) is 2.84. The van der Waals surface area contributed by atoms with Crippen LogP contribution in [-0.4, -0.2) is 40.5 Å². The van der Waals surface area contributed by atoms with Crippen molar-refractivity contribution in [2.45, 2.75) is 25.0 Å². The third-order valence-electron chi connectivity index (χ3n) is 3.49. The molecule has 0 saturated carbocycles. The Morgan fingerprint density at radius 2 is 2.09 bits per heavy atom. The highest BCUT2D eigenvalue weighted by molar-refractivity contribution is 7.92. The van der Waals surface area contributed by atoms with E-state index in [-0.39, 0.29) is 11.8 Å². The Balaban J connectivity index is 2.10. The zero-order valence-corrected chi connectivity index (χ0v) is 13.7. The number of benzene rings is 1. The SMILES string of the molecule is CC(C)(C(=O)Nc1n[nH]c(Cc2cccc(F)c2)n1)S(C)(=O)=O. The second-order valence-electron chi connectivity index (χ2n) is 5.65. The van der Waals surface area contributed by atoms with Crippen LogP contribution in [0, 0.1) is 5.82 Å². The second-order valence-corrected chi connectivity index (χ2v) is 8.21. The molecule has 1 aromatic heterocycles. The standard InChI is InChI=1S/C14H17FN4O3S/c1-14(2,23(3,21)22)12(20)17-13-16-11(18-19-13)8-9-5-4-6-10(15)7-9/h4-7H,8H2,1-3H3,(H2,16,17,18,19,20). The Morgan fingerprint density at radius 1 is 1.39 bits per heavy atom. The number of carbonyl (C=O) groups is 1. The van der Waals surface area contributed by atoms with E-state index < -0.39 is 20.5 Å². The molecule has 0 saturated heterocycles. The van der Waals surface area contributed by atoms with Crippen LogP contribution in [0.4, 0.5) is 10.3 Å². The normalized spacial score (nSPS) is 12.2. The molecule has 0 unspecified atom stereocenters. The summed E-state index contributed by atoms with van der Waals surface area (Å²) in [6.45, 7) is 2.61. The van der Waals surface area contributed by atoms with Crippen molar-refractivity contribution in [2.75, 3.05) is 11.6 Å². The summed E-state index contributed by atoms with van der Waals surface area (Å²) in [6, 6.07) is 6.02. The first-order valence-corrected chi connectivity index (χ1v) is 8.65. The fraction of sp³-hybridized carbons (Fsp3) is 0.357. The number of rotatable bonds is 5. The van der Waals surface area contributed by atoms with Crippen molar-refractivity contribution >= 4 is 21.7 Å².